The molecule has 5 aromatic rings. The summed E-state index contributed by atoms with van der Waals surface area (Å²) in [6.45, 7) is 4.44. The van der Waals surface area contributed by atoms with Gasteiger partial charge < -0.3 is 14.3 Å². The zero-order valence-electron chi connectivity index (χ0n) is 18.1. The quantitative estimate of drug-likeness (QED) is 0.458. The molecule has 1 N–H and O–H groups in total. The molecular formula is C23H20N8O2. The highest BCUT2D eigenvalue weighted by molar-refractivity contribution is 5.90. The number of hydrogen-bond acceptors (Lipinski definition) is 7. The molecule has 5 aromatic heterocycles. The van der Waals surface area contributed by atoms with Gasteiger partial charge >= 0.3 is 11.8 Å². The second-order valence-electron chi connectivity index (χ2n) is 8.14. The van der Waals surface area contributed by atoms with E-state index in [0.29, 0.717) is 18.7 Å². The number of hydrogen-bond donors (Lipinski definition) is 1. The molecule has 0 aromatic carbocycles. The van der Waals surface area contributed by atoms with Gasteiger partial charge in [0, 0.05) is 31.1 Å². The van der Waals surface area contributed by atoms with Crippen molar-refractivity contribution in [2.75, 3.05) is 6.54 Å². The molecule has 1 amide bonds. The van der Waals surface area contributed by atoms with Gasteiger partial charge in [-0.15, -0.1) is 10.2 Å². The number of aromatic nitrogens is 7. The minimum absolute atomic E-state index is 0.0868. The van der Waals surface area contributed by atoms with Crippen molar-refractivity contribution in [2.45, 2.75) is 26.3 Å². The number of aryl methyl sites for hydroxylation is 2. The highest BCUT2D eigenvalue weighted by Gasteiger charge is 2.38. The fourth-order valence-corrected chi connectivity index (χ4v) is 4.23. The van der Waals surface area contributed by atoms with Crippen molar-refractivity contribution >= 4 is 11.4 Å². The molecule has 0 saturated heterocycles. The Hall–Kier alpha value is -4.34. The number of imidazole rings is 1. The predicted molar refractivity (Wildman–Crippen MR) is 117 cm³/mol. The van der Waals surface area contributed by atoms with E-state index in [9.17, 15) is 4.79 Å². The highest BCUT2D eigenvalue weighted by atomic mass is 16.4. The molecule has 6 rings (SSSR count). The zero-order valence-corrected chi connectivity index (χ0v) is 18.1. The summed E-state index contributed by atoms with van der Waals surface area (Å²) in [7, 11) is 0. The average molecular weight is 440 g/mol. The van der Waals surface area contributed by atoms with Gasteiger partial charge in [-0.2, -0.15) is 5.10 Å². The molecule has 0 fully saturated rings. The van der Waals surface area contributed by atoms with Crippen LogP contribution in [0.1, 0.15) is 44.9 Å². The third kappa shape index (κ3) is 3.18. The summed E-state index contributed by atoms with van der Waals surface area (Å²) >= 11 is 0. The lowest BCUT2D eigenvalue weighted by Crippen LogP contribution is -2.41. The molecule has 1 unspecified atom stereocenters. The van der Waals surface area contributed by atoms with Gasteiger partial charge in [0.2, 0.25) is 0 Å². The molecule has 0 spiro atoms. The van der Waals surface area contributed by atoms with Crippen LogP contribution in [0.25, 0.3) is 17.1 Å². The molecule has 0 radical (unpaired) electrons. The monoisotopic (exact) mass is 440 g/mol. The first-order chi connectivity index (χ1) is 16.1. The molecular weight excluding hydrogens is 420 g/mol. The van der Waals surface area contributed by atoms with Gasteiger partial charge in [0.15, 0.2) is 0 Å². The fourth-order valence-electron chi connectivity index (χ4n) is 4.23. The van der Waals surface area contributed by atoms with Gasteiger partial charge in [0.25, 0.3) is 5.89 Å². The number of pyridine rings is 2. The maximum absolute atomic E-state index is 13.5. The third-order valence-electron chi connectivity index (χ3n) is 5.94. The topological polar surface area (TPSA) is 118 Å². The molecule has 33 heavy (non-hydrogen) atoms. The lowest BCUT2D eigenvalue weighted by Gasteiger charge is -2.32. The summed E-state index contributed by atoms with van der Waals surface area (Å²) in [4.78, 5) is 27.2. The largest absolute Gasteiger partial charge is 0.411 e. The number of rotatable bonds is 3. The number of amides is 1. The lowest BCUT2D eigenvalue weighted by atomic mass is 9.99. The van der Waals surface area contributed by atoms with Crippen LogP contribution in [-0.2, 0) is 6.42 Å². The van der Waals surface area contributed by atoms with Crippen molar-refractivity contribution in [2.24, 2.45) is 0 Å². The average Bonchev–Trinajstić information content (AvgIpc) is 3.57. The second kappa shape index (κ2) is 7.37. The molecule has 0 saturated carbocycles. The fraction of sp³-hybridized carbons (Fsp3) is 0.217. The Morgan fingerprint density at radius 2 is 2.09 bits per heavy atom. The molecule has 1 aliphatic rings. The van der Waals surface area contributed by atoms with Gasteiger partial charge in [0.1, 0.15) is 11.7 Å². The van der Waals surface area contributed by atoms with Crippen molar-refractivity contribution < 1.29 is 9.21 Å². The minimum Gasteiger partial charge on any atom is -0.411 e. The summed E-state index contributed by atoms with van der Waals surface area (Å²) in [6, 6.07) is 9.19. The first kappa shape index (κ1) is 19.4. The van der Waals surface area contributed by atoms with E-state index in [1.165, 1.54) is 0 Å². The van der Waals surface area contributed by atoms with Crippen LogP contribution in [0.5, 0.6) is 0 Å². The van der Waals surface area contributed by atoms with E-state index in [1.54, 1.807) is 23.5 Å². The van der Waals surface area contributed by atoms with Gasteiger partial charge in [-0.25, -0.2) is 9.50 Å². The number of fused-ring (bicyclic) bond motifs is 2. The minimum atomic E-state index is -0.473. The van der Waals surface area contributed by atoms with Crippen LogP contribution in [0.15, 0.2) is 53.5 Å². The van der Waals surface area contributed by atoms with Crippen molar-refractivity contribution in [3.63, 3.8) is 0 Å². The van der Waals surface area contributed by atoms with E-state index in [4.69, 9.17) is 9.52 Å². The molecule has 1 aliphatic heterocycles. The number of carbonyl (C=O) groups excluding carboxylic acids is 1. The predicted octanol–water partition coefficient (Wildman–Crippen LogP) is 2.91. The maximum Gasteiger partial charge on any atom is 0.312 e. The highest BCUT2D eigenvalue weighted by Crippen LogP contribution is 2.34. The van der Waals surface area contributed by atoms with Gasteiger partial charge in [-0.1, -0.05) is 12.1 Å². The van der Waals surface area contributed by atoms with Crippen LogP contribution in [0.4, 0.5) is 0 Å². The van der Waals surface area contributed by atoms with Crippen molar-refractivity contribution in [1.29, 1.82) is 0 Å². The van der Waals surface area contributed by atoms with Crippen molar-refractivity contribution in [3.8, 4) is 11.6 Å². The Morgan fingerprint density at radius 3 is 2.91 bits per heavy atom. The summed E-state index contributed by atoms with van der Waals surface area (Å²) in [5.41, 5.74) is 6.11. The smallest absolute Gasteiger partial charge is 0.312 e. The van der Waals surface area contributed by atoms with Crippen molar-refractivity contribution in [3.05, 3.63) is 83.2 Å². The zero-order chi connectivity index (χ0) is 22.5. The number of nitrogens with one attached hydrogen (secondary N) is 1. The molecule has 1 atom stereocenters. The van der Waals surface area contributed by atoms with E-state index in [-0.39, 0.29) is 17.7 Å². The summed E-state index contributed by atoms with van der Waals surface area (Å²) in [5.74, 6) is -0.250. The molecule has 6 heterocycles. The Bertz CT molecular complexity index is 1480. The number of nitrogens with zero attached hydrogens (tertiary/aromatic N) is 7. The molecule has 10 heteroatoms. The summed E-state index contributed by atoms with van der Waals surface area (Å²) < 4.78 is 7.55. The first-order valence-electron chi connectivity index (χ1n) is 10.6. The Morgan fingerprint density at radius 1 is 1.18 bits per heavy atom. The van der Waals surface area contributed by atoms with Crippen LogP contribution in [0.2, 0.25) is 0 Å². The summed E-state index contributed by atoms with van der Waals surface area (Å²) in [6.07, 6.45) is 5.91. The van der Waals surface area contributed by atoms with Crippen LogP contribution < -0.4 is 0 Å². The molecule has 0 bridgehead atoms. The Balaban J connectivity index is 1.40. The molecule has 10 nitrogen and oxygen atoms in total. The number of carbonyl (C=O) groups is 1. The van der Waals surface area contributed by atoms with Crippen LogP contribution in [0, 0.1) is 13.8 Å². The SMILES string of the molecule is Cc1ccc(-c2nnc(C(=O)N3CCc4[nH]cnc4C3c3cc4c(C)cccn4n3)o2)nc1. The second-order valence-corrected chi connectivity index (χ2v) is 8.14. The van der Waals surface area contributed by atoms with Gasteiger partial charge in [0.05, 0.1) is 23.2 Å². The van der Waals surface area contributed by atoms with Gasteiger partial charge in [-0.05, 0) is 43.2 Å². The van der Waals surface area contributed by atoms with E-state index in [2.05, 4.69) is 25.1 Å². The maximum atomic E-state index is 13.5. The number of H-pyrrole nitrogens is 1. The third-order valence-corrected chi connectivity index (χ3v) is 5.94. The van der Waals surface area contributed by atoms with Crippen LogP contribution >= 0.6 is 0 Å². The number of aromatic amines is 1. The summed E-state index contributed by atoms with van der Waals surface area (Å²) in [5, 5.41) is 12.8. The van der Waals surface area contributed by atoms with E-state index < -0.39 is 6.04 Å². The van der Waals surface area contributed by atoms with Crippen molar-refractivity contribution in [1.82, 2.24) is 39.7 Å². The molecule has 164 valence electrons. The Labute approximate surface area is 188 Å². The molecule has 0 aliphatic carbocycles. The van der Waals surface area contributed by atoms with Gasteiger partial charge in [-0.3, -0.25) is 9.78 Å². The Kier molecular flexibility index (Phi) is 4.32. The van der Waals surface area contributed by atoms with E-state index in [1.807, 2.05) is 48.8 Å². The van der Waals surface area contributed by atoms with E-state index in [0.717, 1.165) is 33.7 Å². The standard InChI is InChI=1S/C23H20N8O2/c1-13-5-6-16(24-11-13)21-27-28-22(33-21)23(32)30-9-7-15-19(26-12-25-15)20(30)17-10-18-14(2)4-3-8-31(18)29-17/h3-6,8,10-12,20H,7,9H2,1-2H3,(H,25,26). The van der Waals surface area contributed by atoms with Crippen LogP contribution in [0.3, 0.4) is 0 Å². The first-order valence-corrected chi connectivity index (χ1v) is 10.6. The lowest BCUT2D eigenvalue weighted by molar-refractivity contribution is 0.0646. The van der Waals surface area contributed by atoms with Crippen LogP contribution in [-0.4, -0.2) is 52.1 Å². The normalized spacial score (nSPS) is 15.7. The van der Waals surface area contributed by atoms with E-state index >= 15 is 0 Å².